The second kappa shape index (κ2) is 12.2. The molecule has 0 radical (unpaired) electrons. The molecule has 5 nitrogen and oxygen atoms in total. The molecular weight excluding hydrogens is 438 g/mol. The Labute approximate surface area is 209 Å². The summed E-state index contributed by atoms with van der Waals surface area (Å²) in [6, 6.07) is 15.6. The molecule has 2 fully saturated rings. The van der Waals surface area contributed by atoms with Crippen molar-refractivity contribution in [3.05, 3.63) is 65.2 Å². The molecular formula is C30H39NO4. The highest BCUT2D eigenvalue weighted by molar-refractivity contribution is 5.89. The van der Waals surface area contributed by atoms with Crippen molar-refractivity contribution in [3.63, 3.8) is 0 Å². The molecule has 2 aromatic carbocycles. The summed E-state index contributed by atoms with van der Waals surface area (Å²) < 4.78 is 10.8. The van der Waals surface area contributed by atoms with Gasteiger partial charge in [0.1, 0.15) is 5.75 Å². The molecule has 3 unspecified atom stereocenters. The van der Waals surface area contributed by atoms with E-state index in [-0.39, 0.29) is 23.8 Å². The lowest BCUT2D eigenvalue weighted by atomic mass is 9.87. The third kappa shape index (κ3) is 6.87. The molecule has 1 amide bonds. The summed E-state index contributed by atoms with van der Waals surface area (Å²) >= 11 is 0. The molecule has 0 spiro atoms. The van der Waals surface area contributed by atoms with Crippen molar-refractivity contribution in [2.24, 2.45) is 11.8 Å². The van der Waals surface area contributed by atoms with Crippen LogP contribution >= 0.6 is 0 Å². The van der Waals surface area contributed by atoms with Gasteiger partial charge in [0.15, 0.2) is 0 Å². The molecule has 0 aromatic heterocycles. The molecule has 1 N–H and O–H groups in total. The van der Waals surface area contributed by atoms with Crippen LogP contribution in [0.5, 0.6) is 5.75 Å². The van der Waals surface area contributed by atoms with Gasteiger partial charge in [-0.2, -0.15) is 0 Å². The van der Waals surface area contributed by atoms with Crippen molar-refractivity contribution in [2.75, 3.05) is 13.7 Å². The number of carbonyl (C=O) groups excluding carboxylic acids is 2. The van der Waals surface area contributed by atoms with Gasteiger partial charge in [0, 0.05) is 5.92 Å². The summed E-state index contributed by atoms with van der Waals surface area (Å²) in [6.07, 6.45) is 10.8. The minimum absolute atomic E-state index is 0.0308. The average Bonchev–Trinajstić information content (AvgIpc) is 3.40. The topological polar surface area (TPSA) is 64.6 Å². The first-order valence-electron chi connectivity index (χ1n) is 13.2. The minimum atomic E-state index is -0.357. The number of carbonyl (C=O) groups is 2. The Kier molecular flexibility index (Phi) is 8.84. The Bertz CT molecular complexity index is 963. The maximum absolute atomic E-state index is 12.9. The highest BCUT2D eigenvalue weighted by Gasteiger charge is 2.31. The summed E-state index contributed by atoms with van der Waals surface area (Å²) in [5, 5.41) is 3.16. The summed E-state index contributed by atoms with van der Waals surface area (Å²) in [6.45, 7) is 2.78. The molecule has 5 heteroatoms. The average molecular weight is 478 g/mol. The lowest BCUT2D eigenvalue weighted by Crippen LogP contribution is -2.31. The van der Waals surface area contributed by atoms with Crippen LogP contribution in [0.3, 0.4) is 0 Å². The lowest BCUT2D eigenvalue weighted by Gasteiger charge is -2.21. The number of ether oxygens (including phenoxy) is 2. The van der Waals surface area contributed by atoms with Crippen LogP contribution in [0.15, 0.2) is 48.5 Å². The van der Waals surface area contributed by atoms with Crippen LogP contribution in [0.25, 0.3) is 0 Å². The monoisotopic (exact) mass is 477 g/mol. The molecule has 2 saturated carbocycles. The third-order valence-corrected chi connectivity index (χ3v) is 7.87. The van der Waals surface area contributed by atoms with Gasteiger partial charge in [-0.15, -0.1) is 0 Å². The number of esters is 1. The Morgan fingerprint density at radius 2 is 1.66 bits per heavy atom. The number of hydrogen-bond acceptors (Lipinski definition) is 4. The van der Waals surface area contributed by atoms with Gasteiger partial charge >= 0.3 is 5.97 Å². The smallest absolute Gasteiger partial charge is 0.337 e. The number of benzene rings is 2. The maximum Gasteiger partial charge on any atom is 0.337 e. The fraction of sp³-hybridized carbons (Fsp3) is 0.533. The van der Waals surface area contributed by atoms with E-state index in [2.05, 4.69) is 29.6 Å². The van der Waals surface area contributed by atoms with Crippen molar-refractivity contribution in [1.82, 2.24) is 5.32 Å². The van der Waals surface area contributed by atoms with Gasteiger partial charge < -0.3 is 14.8 Å². The van der Waals surface area contributed by atoms with Crippen molar-refractivity contribution in [2.45, 2.75) is 76.7 Å². The minimum Gasteiger partial charge on any atom is -0.494 e. The Balaban J connectivity index is 1.22. The predicted molar refractivity (Wildman–Crippen MR) is 138 cm³/mol. The SMILES string of the molecule is COC(=O)c1ccc(C(C)NC(=O)C2CCC(c3ccc(OCCC4CCCCC4)cc3)C2)cc1. The predicted octanol–water partition coefficient (Wildman–Crippen LogP) is 6.58. The summed E-state index contributed by atoms with van der Waals surface area (Å²) in [7, 11) is 1.37. The largest absolute Gasteiger partial charge is 0.494 e. The van der Waals surface area contributed by atoms with E-state index >= 15 is 0 Å². The van der Waals surface area contributed by atoms with Crippen LogP contribution in [0.4, 0.5) is 0 Å². The number of methoxy groups -OCH3 is 1. The molecule has 2 aliphatic rings. The molecule has 2 aromatic rings. The molecule has 0 bridgehead atoms. The van der Waals surface area contributed by atoms with Gasteiger partial charge in [-0.3, -0.25) is 4.79 Å². The molecule has 0 aliphatic heterocycles. The van der Waals surface area contributed by atoms with E-state index in [9.17, 15) is 9.59 Å². The van der Waals surface area contributed by atoms with Gasteiger partial charge in [-0.25, -0.2) is 4.79 Å². The second-order valence-electron chi connectivity index (χ2n) is 10.3. The normalized spacial score (nSPS) is 21.3. The summed E-state index contributed by atoms with van der Waals surface area (Å²) in [4.78, 5) is 24.5. The molecule has 2 aliphatic carbocycles. The van der Waals surface area contributed by atoms with Crippen molar-refractivity contribution in [3.8, 4) is 5.75 Å². The fourth-order valence-corrected chi connectivity index (χ4v) is 5.62. The van der Waals surface area contributed by atoms with Gasteiger partial charge in [-0.05, 0) is 79.8 Å². The standard InChI is InChI=1S/C30H39NO4/c1-21(23-8-10-25(11-9-23)30(33)34-2)31-29(32)27-13-12-26(20-27)24-14-16-28(17-15-24)35-19-18-22-6-4-3-5-7-22/h8-11,14-17,21-22,26-27H,3-7,12-13,18-20H2,1-2H3,(H,31,32). The molecule has 0 saturated heterocycles. The van der Waals surface area contributed by atoms with E-state index in [1.54, 1.807) is 12.1 Å². The van der Waals surface area contributed by atoms with Crippen molar-refractivity contribution >= 4 is 11.9 Å². The zero-order valence-corrected chi connectivity index (χ0v) is 21.1. The number of amides is 1. The zero-order valence-electron chi connectivity index (χ0n) is 21.1. The van der Waals surface area contributed by atoms with Crippen LogP contribution < -0.4 is 10.1 Å². The van der Waals surface area contributed by atoms with E-state index in [1.807, 2.05) is 19.1 Å². The second-order valence-corrected chi connectivity index (χ2v) is 10.3. The summed E-state index contributed by atoms with van der Waals surface area (Å²) in [5.74, 6) is 1.99. The van der Waals surface area contributed by atoms with Gasteiger partial charge in [0.05, 0.1) is 25.3 Å². The Morgan fingerprint density at radius 1 is 0.943 bits per heavy atom. The van der Waals surface area contributed by atoms with Crippen molar-refractivity contribution in [1.29, 1.82) is 0 Å². The first kappa shape index (κ1) is 25.3. The summed E-state index contributed by atoms with van der Waals surface area (Å²) in [5.41, 5.74) is 2.78. The first-order valence-corrected chi connectivity index (χ1v) is 13.2. The first-order chi connectivity index (χ1) is 17.0. The van der Waals surface area contributed by atoms with E-state index in [0.717, 1.165) is 49.5 Å². The highest BCUT2D eigenvalue weighted by atomic mass is 16.5. The van der Waals surface area contributed by atoms with Crippen LogP contribution in [0.2, 0.25) is 0 Å². The molecule has 35 heavy (non-hydrogen) atoms. The highest BCUT2D eigenvalue weighted by Crippen LogP contribution is 2.39. The third-order valence-electron chi connectivity index (χ3n) is 7.87. The molecule has 3 atom stereocenters. The fourth-order valence-electron chi connectivity index (χ4n) is 5.62. The van der Waals surface area contributed by atoms with Crippen molar-refractivity contribution < 1.29 is 19.1 Å². The molecule has 0 heterocycles. The van der Waals surface area contributed by atoms with E-state index in [0.29, 0.717) is 11.5 Å². The quantitative estimate of drug-likeness (QED) is 0.414. The Hall–Kier alpha value is -2.82. The van der Waals surface area contributed by atoms with Gasteiger partial charge in [0.2, 0.25) is 5.91 Å². The van der Waals surface area contributed by atoms with E-state index in [1.165, 1.54) is 44.8 Å². The number of nitrogens with one attached hydrogen (secondary N) is 1. The van der Waals surface area contributed by atoms with E-state index in [4.69, 9.17) is 9.47 Å². The molecule has 4 rings (SSSR count). The van der Waals surface area contributed by atoms with Crippen LogP contribution in [-0.2, 0) is 9.53 Å². The zero-order chi connectivity index (χ0) is 24.6. The maximum atomic E-state index is 12.9. The van der Waals surface area contributed by atoms with Crippen LogP contribution in [0, 0.1) is 11.8 Å². The number of rotatable bonds is 9. The van der Waals surface area contributed by atoms with Gasteiger partial charge in [0.25, 0.3) is 0 Å². The molecule has 188 valence electrons. The van der Waals surface area contributed by atoms with Gasteiger partial charge in [-0.1, -0.05) is 56.4 Å². The van der Waals surface area contributed by atoms with E-state index < -0.39 is 0 Å². The van der Waals surface area contributed by atoms with Crippen LogP contribution in [0.1, 0.15) is 98.2 Å². The number of hydrogen-bond donors (Lipinski definition) is 1. The van der Waals surface area contributed by atoms with Crippen LogP contribution in [-0.4, -0.2) is 25.6 Å². The lowest BCUT2D eigenvalue weighted by molar-refractivity contribution is -0.125. The Morgan fingerprint density at radius 3 is 2.34 bits per heavy atom.